The van der Waals surface area contributed by atoms with E-state index in [1.165, 1.54) is 11.1 Å². The van der Waals surface area contributed by atoms with Crippen LogP contribution in [0, 0.1) is 11.3 Å². The van der Waals surface area contributed by atoms with Crippen LogP contribution in [0.5, 0.6) is 11.5 Å². The lowest BCUT2D eigenvalue weighted by atomic mass is 9.75. The molecule has 4 nitrogen and oxygen atoms in total. The smallest absolute Gasteiger partial charge is 0.161 e. The molecule has 134 valence electrons. The number of piperidine rings is 1. The molecule has 0 aromatic heterocycles. The lowest BCUT2D eigenvalue weighted by Gasteiger charge is -2.47. The van der Waals surface area contributed by atoms with Crippen LogP contribution in [-0.2, 0) is 6.42 Å². The van der Waals surface area contributed by atoms with Gasteiger partial charge in [0.2, 0.25) is 0 Å². The summed E-state index contributed by atoms with van der Waals surface area (Å²) >= 11 is 0. The second-order valence-corrected chi connectivity index (χ2v) is 8.49. The quantitative estimate of drug-likeness (QED) is 0.920. The molecule has 1 N–H and O–H groups in total. The predicted molar refractivity (Wildman–Crippen MR) is 95.7 cm³/mol. The van der Waals surface area contributed by atoms with Gasteiger partial charge in [-0.25, -0.2) is 0 Å². The molecular weight excluding hydrogens is 302 g/mol. The highest BCUT2D eigenvalue weighted by atomic mass is 16.5. The zero-order valence-corrected chi connectivity index (χ0v) is 15.6. The van der Waals surface area contributed by atoms with Crippen LogP contribution in [0.4, 0.5) is 0 Å². The molecule has 1 saturated heterocycles. The van der Waals surface area contributed by atoms with Gasteiger partial charge in [0.25, 0.3) is 0 Å². The first-order valence-corrected chi connectivity index (χ1v) is 8.99. The lowest BCUT2D eigenvalue weighted by molar-refractivity contribution is -0.0259. The Bertz CT molecular complexity index is 593. The summed E-state index contributed by atoms with van der Waals surface area (Å²) in [4.78, 5) is 2.55. The maximum absolute atomic E-state index is 10.7. The Morgan fingerprint density at radius 2 is 1.83 bits per heavy atom. The number of hydrogen-bond donors (Lipinski definition) is 1. The molecule has 3 atom stereocenters. The number of hydrogen-bond acceptors (Lipinski definition) is 4. The Morgan fingerprint density at radius 1 is 1.17 bits per heavy atom. The monoisotopic (exact) mass is 333 g/mol. The van der Waals surface area contributed by atoms with E-state index >= 15 is 0 Å². The molecule has 0 aliphatic carbocycles. The van der Waals surface area contributed by atoms with Crippen molar-refractivity contribution in [2.75, 3.05) is 27.3 Å². The fourth-order valence-electron chi connectivity index (χ4n) is 4.41. The van der Waals surface area contributed by atoms with Crippen LogP contribution >= 0.6 is 0 Å². The van der Waals surface area contributed by atoms with Crippen LogP contribution in [0.25, 0.3) is 0 Å². The molecule has 3 rings (SSSR count). The number of aliphatic hydroxyl groups is 1. The van der Waals surface area contributed by atoms with Gasteiger partial charge in [-0.05, 0) is 53.9 Å². The number of aliphatic hydroxyl groups excluding tert-OH is 1. The van der Waals surface area contributed by atoms with E-state index in [0.29, 0.717) is 12.0 Å². The van der Waals surface area contributed by atoms with Crippen molar-refractivity contribution in [3.8, 4) is 11.5 Å². The van der Waals surface area contributed by atoms with Crippen LogP contribution < -0.4 is 9.47 Å². The standard InChI is InChI=1S/C20H31NO3/c1-20(2,3)11-14-12-21-7-6-13-8-18(23-4)19(24-5)9-15(13)16(21)10-17(14)22/h8-9,14,16-17,22H,6-7,10-12H2,1-5H3/t14-,16-,17+/m1/s1. The Labute approximate surface area is 145 Å². The van der Waals surface area contributed by atoms with E-state index in [2.05, 4.69) is 37.8 Å². The normalized spacial score (nSPS) is 27.3. The third kappa shape index (κ3) is 3.40. The fraction of sp³-hybridized carbons (Fsp3) is 0.700. The minimum absolute atomic E-state index is 0.232. The molecule has 0 spiro atoms. The van der Waals surface area contributed by atoms with E-state index in [9.17, 15) is 5.11 Å². The maximum atomic E-state index is 10.7. The van der Waals surface area contributed by atoms with Gasteiger partial charge in [0.15, 0.2) is 11.5 Å². The highest BCUT2D eigenvalue weighted by molar-refractivity contribution is 5.49. The molecule has 24 heavy (non-hydrogen) atoms. The molecule has 4 heteroatoms. The van der Waals surface area contributed by atoms with Gasteiger partial charge in [0.1, 0.15) is 0 Å². The van der Waals surface area contributed by atoms with Crippen molar-refractivity contribution >= 4 is 0 Å². The minimum atomic E-state index is -0.232. The molecule has 0 amide bonds. The summed E-state index contributed by atoms with van der Waals surface area (Å²) in [5, 5.41) is 10.7. The van der Waals surface area contributed by atoms with Crippen LogP contribution in [-0.4, -0.2) is 43.4 Å². The van der Waals surface area contributed by atoms with Crippen molar-refractivity contribution in [3.05, 3.63) is 23.3 Å². The van der Waals surface area contributed by atoms with E-state index in [1.54, 1.807) is 14.2 Å². The van der Waals surface area contributed by atoms with Crippen molar-refractivity contribution < 1.29 is 14.6 Å². The summed E-state index contributed by atoms with van der Waals surface area (Å²) in [5.41, 5.74) is 2.88. The Balaban J connectivity index is 1.86. The molecular formula is C20H31NO3. The second-order valence-electron chi connectivity index (χ2n) is 8.49. The third-order valence-corrected chi connectivity index (χ3v) is 5.47. The Kier molecular flexibility index (Phi) is 4.80. The predicted octanol–water partition coefficient (Wildman–Crippen LogP) is 3.42. The minimum Gasteiger partial charge on any atom is -0.493 e. The Hall–Kier alpha value is -1.26. The van der Waals surface area contributed by atoms with Crippen molar-refractivity contribution in [1.82, 2.24) is 4.90 Å². The topological polar surface area (TPSA) is 41.9 Å². The number of rotatable bonds is 3. The van der Waals surface area contributed by atoms with E-state index < -0.39 is 0 Å². The molecule has 0 radical (unpaired) electrons. The Morgan fingerprint density at radius 3 is 2.46 bits per heavy atom. The molecule has 2 heterocycles. The molecule has 0 saturated carbocycles. The van der Waals surface area contributed by atoms with Gasteiger partial charge in [-0.2, -0.15) is 0 Å². The largest absolute Gasteiger partial charge is 0.493 e. The highest BCUT2D eigenvalue weighted by Crippen LogP contribution is 2.44. The summed E-state index contributed by atoms with van der Waals surface area (Å²) < 4.78 is 10.9. The third-order valence-electron chi connectivity index (χ3n) is 5.47. The number of ether oxygens (including phenoxy) is 2. The number of fused-ring (bicyclic) bond motifs is 3. The second kappa shape index (κ2) is 6.57. The van der Waals surface area contributed by atoms with Gasteiger partial charge in [0, 0.05) is 19.1 Å². The van der Waals surface area contributed by atoms with E-state index in [1.807, 2.05) is 0 Å². The van der Waals surface area contributed by atoms with Crippen molar-refractivity contribution in [2.24, 2.45) is 11.3 Å². The fourth-order valence-corrected chi connectivity index (χ4v) is 4.41. The van der Waals surface area contributed by atoms with Crippen LogP contribution in [0.15, 0.2) is 12.1 Å². The summed E-state index contributed by atoms with van der Waals surface area (Å²) in [6.45, 7) is 8.81. The zero-order valence-electron chi connectivity index (χ0n) is 15.6. The maximum Gasteiger partial charge on any atom is 0.161 e. The SMILES string of the molecule is COc1cc2c(cc1OC)[C@H]1C[C@H](O)[C@H](CC(C)(C)C)CN1CC2. The van der Waals surface area contributed by atoms with Gasteiger partial charge in [-0.1, -0.05) is 20.8 Å². The first-order valence-electron chi connectivity index (χ1n) is 8.99. The summed E-state index contributed by atoms with van der Waals surface area (Å²) in [6.07, 6.45) is 2.67. The van der Waals surface area contributed by atoms with Crippen LogP contribution in [0.1, 0.15) is 50.8 Å². The zero-order chi connectivity index (χ0) is 17.5. The van der Waals surface area contributed by atoms with Gasteiger partial charge in [-0.15, -0.1) is 0 Å². The van der Waals surface area contributed by atoms with Crippen LogP contribution in [0.3, 0.4) is 0 Å². The highest BCUT2D eigenvalue weighted by Gasteiger charge is 2.39. The van der Waals surface area contributed by atoms with E-state index in [4.69, 9.17) is 9.47 Å². The van der Waals surface area contributed by atoms with Gasteiger partial charge >= 0.3 is 0 Å². The van der Waals surface area contributed by atoms with Crippen LogP contribution in [0.2, 0.25) is 0 Å². The molecule has 0 unspecified atom stereocenters. The summed E-state index contributed by atoms with van der Waals surface area (Å²) in [7, 11) is 3.36. The average Bonchev–Trinajstić information content (AvgIpc) is 2.53. The first kappa shape index (κ1) is 17.6. The summed E-state index contributed by atoms with van der Waals surface area (Å²) in [6, 6.07) is 4.51. The van der Waals surface area contributed by atoms with Gasteiger partial charge in [0.05, 0.1) is 20.3 Å². The average molecular weight is 333 g/mol. The van der Waals surface area contributed by atoms with Crippen molar-refractivity contribution in [1.29, 1.82) is 0 Å². The van der Waals surface area contributed by atoms with Crippen molar-refractivity contribution in [2.45, 2.75) is 52.2 Å². The summed E-state index contributed by atoms with van der Waals surface area (Å²) in [5.74, 6) is 1.94. The van der Waals surface area contributed by atoms with E-state index in [-0.39, 0.29) is 11.5 Å². The first-order chi connectivity index (χ1) is 11.3. The number of nitrogens with zero attached hydrogens (tertiary/aromatic N) is 1. The molecule has 0 bridgehead atoms. The molecule has 1 aromatic carbocycles. The number of benzene rings is 1. The van der Waals surface area contributed by atoms with Gasteiger partial charge in [-0.3, -0.25) is 4.90 Å². The lowest BCUT2D eigenvalue weighted by Crippen LogP contribution is -2.48. The molecule has 2 aliphatic rings. The van der Waals surface area contributed by atoms with Gasteiger partial charge < -0.3 is 14.6 Å². The number of methoxy groups -OCH3 is 2. The molecule has 1 fully saturated rings. The van der Waals surface area contributed by atoms with E-state index in [0.717, 1.165) is 43.9 Å². The van der Waals surface area contributed by atoms with Crippen molar-refractivity contribution in [3.63, 3.8) is 0 Å². The molecule has 1 aromatic rings. The molecule has 2 aliphatic heterocycles.